The van der Waals surface area contributed by atoms with Gasteiger partial charge in [0.05, 0.1) is 17.6 Å². The molecule has 0 heterocycles. The first kappa shape index (κ1) is 20.3. The molecule has 1 atom stereocenters. The van der Waals surface area contributed by atoms with E-state index >= 15 is 0 Å². The molecule has 9 heteroatoms. The molecule has 2 aromatic rings. The Bertz CT molecular complexity index is 888. The highest BCUT2D eigenvalue weighted by atomic mass is 35.5. The van der Waals surface area contributed by atoms with E-state index in [1.165, 1.54) is 31.3 Å². The van der Waals surface area contributed by atoms with Crippen LogP contribution in [-0.2, 0) is 10.0 Å². The van der Waals surface area contributed by atoms with Gasteiger partial charge < -0.3 is 15.5 Å². The van der Waals surface area contributed by atoms with Crippen LogP contribution in [0.1, 0.15) is 10.4 Å². The van der Waals surface area contributed by atoms with Crippen LogP contribution in [0.3, 0.4) is 0 Å². The van der Waals surface area contributed by atoms with E-state index in [0.29, 0.717) is 10.7 Å². The number of carbonyl (C=O) groups is 1. The molecule has 0 radical (unpaired) electrons. The Kier molecular flexibility index (Phi) is 6.74. The summed E-state index contributed by atoms with van der Waals surface area (Å²) in [4.78, 5) is 12.3. The topological polar surface area (TPSA) is 107 Å². The maximum Gasteiger partial charge on any atom is 0.255 e. The van der Waals surface area contributed by atoms with E-state index in [1.54, 1.807) is 24.3 Å². The Hall–Kier alpha value is -1.97. The number of anilines is 1. The molecule has 0 saturated heterocycles. The van der Waals surface area contributed by atoms with E-state index in [9.17, 15) is 18.3 Å². The lowest BCUT2D eigenvalue weighted by molar-refractivity contribution is 0.0826. The normalized spacial score (nSPS) is 12.8. The Morgan fingerprint density at radius 3 is 2.58 bits per heavy atom. The van der Waals surface area contributed by atoms with Crippen molar-refractivity contribution < 1.29 is 23.4 Å². The highest BCUT2D eigenvalue weighted by Crippen LogP contribution is 2.19. The van der Waals surface area contributed by atoms with Crippen LogP contribution in [0.2, 0.25) is 5.02 Å². The largest absolute Gasteiger partial charge is 0.394 e. The Morgan fingerprint density at radius 1 is 1.23 bits per heavy atom. The fraction of sp³-hybridized carbons (Fsp3) is 0.235. The van der Waals surface area contributed by atoms with Gasteiger partial charge >= 0.3 is 0 Å². The van der Waals surface area contributed by atoms with E-state index < -0.39 is 28.6 Å². The second kappa shape index (κ2) is 8.61. The van der Waals surface area contributed by atoms with E-state index in [1.807, 2.05) is 0 Å². The predicted octanol–water partition coefficient (Wildman–Crippen LogP) is 1.57. The number of amides is 1. The number of aliphatic hydroxyl groups excluding tert-OH is 2. The van der Waals surface area contributed by atoms with Gasteiger partial charge in [0.25, 0.3) is 5.91 Å². The van der Waals surface area contributed by atoms with Crippen molar-refractivity contribution in [1.82, 2.24) is 4.31 Å². The molecule has 0 saturated carbocycles. The van der Waals surface area contributed by atoms with Gasteiger partial charge in [-0.3, -0.25) is 4.79 Å². The summed E-state index contributed by atoms with van der Waals surface area (Å²) in [5.74, 6) is -0.484. The molecule has 0 aliphatic carbocycles. The second-order valence-corrected chi connectivity index (χ2v) is 8.10. The van der Waals surface area contributed by atoms with Crippen LogP contribution in [0.15, 0.2) is 53.4 Å². The van der Waals surface area contributed by atoms with E-state index in [2.05, 4.69) is 5.32 Å². The molecular weight excluding hydrogens is 380 g/mol. The van der Waals surface area contributed by atoms with E-state index in [4.69, 9.17) is 16.7 Å². The highest BCUT2D eigenvalue weighted by Gasteiger charge is 2.23. The third kappa shape index (κ3) is 5.03. The quantitative estimate of drug-likeness (QED) is 0.656. The van der Waals surface area contributed by atoms with Crippen molar-refractivity contribution >= 4 is 33.2 Å². The summed E-state index contributed by atoms with van der Waals surface area (Å²) in [6.07, 6.45) is -1.19. The van der Waals surface area contributed by atoms with Gasteiger partial charge in [-0.1, -0.05) is 23.7 Å². The number of sulfonamides is 1. The van der Waals surface area contributed by atoms with Crippen molar-refractivity contribution in [2.75, 3.05) is 25.5 Å². The maximum absolute atomic E-state index is 12.5. The lowest BCUT2D eigenvalue weighted by Gasteiger charge is -2.19. The number of hydrogen-bond donors (Lipinski definition) is 3. The number of carbonyl (C=O) groups excluding carboxylic acids is 1. The van der Waals surface area contributed by atoms with Crippen LogP contribution in [-0.4, -0.2) is 55.1 Å². The number of nitrogens with one attached hydrogen (secondary N) is 1. The van der Waals surface area contributed by atoms with Crippen molar-refractivity contribution in [3.63, 3.8) is 0 Å². The Balaban J connectivity index is 2.22. The zero-order valence-corrected chi connectivity index (χ0v) is 15.5. The van der Waals surface area contributed by atoms with Gasteiger partial charge in [0.15, 0.2) is 0 Å². The van der Waals surface area contributed by atoms with Gasteiger partial charge in [-0.15, -0.1) is 0 Å². The van der Waals surface area contributed by atoms with Crippen LogP contribution in [0.25, 0.3) is 0 Å². The molecule has 0 aliphatic rings. The third-order valence-electron chi connectivity index (χ3n) is 3.57. The molecule has 0 fully saturated rings. The number of benzene rings is 2. The van der Waals surface area contributed by atoms with Crippen molar-refractivity contribution in [3.8, 4) is 0 Å². The molecule has 26 heavy (non-hydrogen) atoms. The van der Waals surface area contributed by atoms with E-state index in [0.717, 1.165) is 4.31 Å². The molecular formula is C17H19ClN2O5S. The van der Waals surface area contributed by atoms with Gasteiger partial charge in [-0.2, -0.15) is 4.31 Å². The molecule has 2 aromatic carbocycles. The van der Waals surface area contributed by atoms with Crippen molar-refractivity contribution in [1.29, 1.82) is 0 Å². The first-order valence-corrected chi connectivity index (χ1v) is 9.48. The Morgan fingerprint density at radius 2 is 1.92 bits per heavy atom. The van der Waals surface area contributed by atoms with Crippen LogP contribution in [0.4, 0.5) is 5.69 Å². The number of likely N-dealkylation sites (N-methyl/N-ethyl adjacent to an activating group) is 1. The minimum Gasteiger partial charge on any atom is -0.394 e. The molecule has 0 spiro atoms. The number of aliphatic hydroxyl groups is 2. The van der Waals surface area contributed by atoms with Crippen LogP contribution >= 0.6 is 11.6 Å². The molecule has 0 aliphatic heterocycles. The van der Waals surface area contributed by atoms with Gasteiger partial charge in [0, 0.05) is 29.9 Å². The van der Waals surface area contributed by atoms with E-state index in [-0.39, 0.29) is 17.0 Å². The van der Waals surface area contributed by atoms with Gasteiger partial charge in [-0.05, 0) is 36.4 Å². The average molecular weight is 399 g/mol. The zero-order chi connectivity index (χ0) is 19.3. The van der Waals surface area contributed by atoms with Gasteiger partial charge in [0.1, 0.15) is 0 Å². The predicted molar refractivity (Wildman–Crippen MR) is 98.8 cm³/mol. The first-order valence-electron chi connectivity index (χ1n) is 7.66. The average Bonchev–Trinajstić information content (AvgIpc) is 2.61. The monoisotopic (exact) mass is 398 g/mol. The van der Waals surface area contributed by atoms with Crippen molar-refractivity contribution in [3.05, 3.63) is 59.1 Å². The fourth-order valence-corrected chi connectivity index (χ4v) is 3.64. The molecule has 0 bridgehead atoms. The van der Waals surface area contributed by atoms with Crippen molar-refractivity contribution in [2.45, 2.75) is 11.0 Å². The number of halogens is 1. The molecule has 1 unspecified atom stereocenters. The van der Waals surface area contributed by atoms with Crippen LogP contribution in [0, 0.1) is 0 Å². The minimum absolute atomic E-state index is 0.0936. The molecule has 0 aromatic heterocycles. The summed E-state index contributed by atoms with van der Waals surface area (Å²) in [5, 5.41) is 21.4. The van der Waals surface area contributed by atoms with Crippen LogP contribution in [0.5, 0.6) is 0 Å². The van der Waals surface area contributed by atoms with Gasteiger partial charge in [0.2, 0.25) is 10.0 Å². The summed E-state index contributed by atoms with van der Waals surface area (Å²) in [5.41, 5.74) is 0.640. The molecule has 7 nitrogen and oxygen atoms in total. The number of nitrogens with zero attached hydrogens (tertiary/aromatic N) is 1. The summed E-state index contributed by atoms with van der Waals surface area (Å²) in [6.45, 7) is -0.820. The first-order chi connectivity index (χ1) is 12.2. The highest BCUT2D eigenvalue weighted by molar-refractivity contribution is 7.89. The molecule has 2 rings (SSSR count). The van der Waals surface area contributed by atoms with Crippen molar-refractivity contribution in [2.24, 2.45) is 0 Å². The fourth-order valence-electron chi connectivity index (χ4n) is 2.20. The summed E-state index contributed by atoms with van der Waals surface area (Å²) >= 11 is 5.87. The third-order valence-corrected chi connectivity index (χ3v) is 5.62. The SMILES string of the molecule is CN(CC(O)CO)S(=O)(=O)c1cccc(C(=O)Nc2cccc(Cl)c2)c1. The standard InChI is InChI=1S/C17H19ClN2O5S/c1-20(10-15(22)11-21)26(24,25)16-7-2-4-12(8-16)17(23)19-14-6-3-5-13(18)9-14/h2-9,15,21-22H,10-11H2,1H3,(H,19,23). The zero-order valence-electron chi connectivity index (χ0n) is 14.0. The Labute approximate surface area is 156 Å². The number of rotatable bonds is 7. The smallest absolute Gasteiger partial charge is 0.255 e. The second-order valence-electron chi connectivity index (χ2n) is 5.61. The molecule has 1 amide bonds. The summed E-state index contributed by atoms with van der Waals surface area (Å²) in [6, 6.07) is 12.1. The maximum atomic E-state index is 12.5. The molecule has 3 N–H and O–H groups in total. The van der Waals surface area contributed by atoms with Gasteiger partial charge in [-0.25, -0.2) is 8.42 Å². The summed E-state index contributed by atoms with van der Waals surface area (Å²) in [7, 11) is -2.63. The van der Waals surface area contributed by atoms with Crippen LogP contribution < -0.4 is 5.32 Å². The lowest BCUT2D eigenvalue weighted by Crippen LogP contribution is -2.35. The number of hydrogen-bond acceptors (Lipinski definition) is 5. The minimum atomic E-state index is -3.92. The lowest BCUT2D eigenvalue weighted by atomic mass is 10.2. The molecule has 140 valence electrons. The summed E-state index contributed by atoms with van der Waals surface area (Å²) < 4.78 is 26.0.